The maximum atomic E-state index is 2.92. The van der Waals surface area contributed by atoms with Crippen LogP contribution in [0, 0.1) is 17.8 Å². The molecule has 3 saturated heterocycles. The molecule has 24 heavy (non-hydrogen) atoms. The Balaban J connectivity index is 1.41. The van der Waals surface area contributed by atoms with Gasteiger partial charge in [0.25, 0.3) is 0 Å². The Morgan fingerprint density at radius 3 is 2.50 bits per heavy atom. The van der Waals surface area contributed by atoms with E-state index in [4.69, 9.17) is 0 Å². The highest BCUT2D eigenvalue weighted by Gasteiger charge is 2.52. The first-order valence-corrected chi connectivity index (χ1v) is 10.6. The Hall–Kier alpha value is -0.160. The first-order chi connectivity index (χ1) is 11.7. The molecular weight excluding hydrogens is 296 g/mol. The number of rotatable bonds is 1. The van der Waals surface area contributed by atoms with Gasteiger partial charge < -0.3 is 0 Å². The van der Waals surface area contributed by atoms with Crippen LogP contribution in [0.2, 0.25) is 0 Å². The van der Waals surface area contributed by atoms with Gasteiger partial charge in [0.15, 0.2) is 0 Å². The molecular formula is C20H36N4. The van der Waals surface area contributed by atoms with Crippen LogP contribution in [0.4, 0.5) is 0 Å². The van der Waals surface area contributed by atoms with Gasteiger partial charge in [-0.15, -0.1) is 0 Å². The van der Waals surface area contributed by atoms with Crippen LogP contribution < -0.4 is 0 Å². The van der Waals surface area contributed by atoms with Gasteiger partial charge in [-0.05, 0) is 51.1 Å². The van der Waals surface area contributed by atoms with E-state index in [2.05, 4.69) is 33.6 Å². The number of hydrogen-bond acceptors (Lipinski definition) is 4. The van der Waals surface area contributed by atoms with Gasteiger partial charge in [0.2, 0.25) is 0 Å². The molecule has 0 aromatic carbocycles. The smallest absolute Gasteiger partial charge is 0.0512 e. The topological polar surface area (TPSA) is 13.0 Å². The molecule has 2 bridgehead atoms. The van der Waals surface area contributed by atoms with Crippen molar-refractivity contribution >= 4 is 0 Å². The molecule has 4 heteroatoms. The minimum Gasteiger partial charge on any atom is -0.293 e. The lowest BCUT2D eigenvalue weighted by molar-refractivity contribution is -0.152. The molecule has 0 radical (unpaired) electrons. The van der Waals surface area contributed by atoms with E-state index in [1.165, 1.54) is 78.0 Å². The van der Waals surface area contributed by atoms with Crippen molar-refractivity contribution in [3.8, 4) is 0 Å². The van der Waals surface area contributed by atoms with Crippen molar-refractivity contribution in [2.75, 3.05) is 46.6 Å². The molecule has 5 fully saturated rings. The second kappa shape index (κ2) is 6.22. The molecule has 5 rings (SSSR count). The van der Waals surface area contributed by atoms with Crippen LogP contribution in [0.15, 0.2) is 0 Å². The summed E-state index contributed by atoms with van der Waals surface area (Å²) in [5, 5.41) is 0. The summed E-state index contributed by atoms with van der Waals surface area (Å²) in [5.41, 5.74) is 0. The third kappa shape index (κ3) is 2.48. The van der Waals surface area contributed by atoms with Gasteiger partial charge in [-0.2, -0.15) is 0 Å². The second-order valence-corrected chi connectivity index (χ2v) is 9.44. The van der Waals surface area contributed by atoms with E-state index in [0.29, 0.717) is 0 Å². The van der Waals surface area contributed by atoms with Crippen LogP contribution in [0.5, 0.6) is 0 Å². The Morgan fingerprint density at radius 2 is 1.62 bits per heavy atom. The lowest BCUT2D eigenvalue weighted by Gasteiger charge is -2.62. The number of nitrogens with zero attached hydrogens (tertiary/aromatic N) is 4. The molecule has 2 saturated carbocycles. The van der Waals surface area contributed by atoms with Gasteiger partial charge in [-0.1, -0.05) is 19.8 Å². The summed E-state index contributed by atoms with van der Waals surface area (Å²) in [6, 6.07) is 2.64. The standard InChI is InChI=1S/C20H36N4/c1-3-22-13-21(2)10-16-8-9-19-17(20(16)22)12-24-14-23(19)11-15-6-4-5-7-18(15)24/h15-20H,3-14H2,1-2H3. The molecule has 8 unspecified atom stereocenters. The SMILES string of the molecule is CCN1CN(C)CC2CCC3C(CN4CN3CC3CCCCC34)C21. The van der Waals surface area contributed by atoms with Crippen molar-refractivity contribution in [2.45, 2.75) is 63.6 Å². The molecule has 3 heterocycles. The van der Waals surface area contributed by atoms with E-state index in [0.717, 1.165) is 35.9 Å². The zero-order valence-corrected chi connectivity index (χ0v) is 15.7. The van der Waals surface area contributed by atoms with Crippen molar-refractivity contribution in [3.63, 3.8) is 0 Å². The van der Waals surface area contributed by atoms with Crippen molar-refractivity contribution < 1.29 is 0 Å². The summed E-state index contributed by atoms with van der Waals surface area (Å²) in [7, 11) is 2.32. The van der Waals surface area contributed by atoms with Crippen LogP contribution in [-0.4, -0.2) is 84.3 Å². The fourth-order valence-corrected chi connectivity index (χ4v) is 7.25. The average molecular weight is 333 g/mol. The van der Waals surface area contributed by atoms with Crippen molar-refractivity contribution in [1.82, 2.24) is 19.6 Å². The zero-order valence-electron chi connectivity index (χ0n) is 15.7. The third-order valence-electron chi connectivity index (χ3n) is 8.13. The Bertz CT molecular complexity index is 461. The average Bonchev–Trinajstić information content (AvgIpc) is 2.60. The highest BCUT2D eigenvalue weighted by Crippen LogP contribution is 2.45. The highest BCUT2D eigenvalue weighted by molar-refractivity contribution is 5.06. The predicted molar refractivity (Wildman–Crippen MR) is 97.7 cm³/mol. The molecule has 2 aliphatic carbocycles. The second-order valence-electron chi connectivity index (χ2n) is 9.44. The normalized spacial score (nSPS) is 52.2. The fourth-order valence-electron chi connectivity index (χ4n) is 7.25. The van der Waals surface area contributed by atoms with Crippen molar-refractivity contribution in [2.24, 2.45) is 17.8 Å². The molecule has 3 aliphatic heterocycles. The summed E-state index contributed by atoms with van der Waals surface area (Å²) in [4.78, 5) is 11.2. The number of fused-ring (bicyclic) bond motifs is 8. The summed E-state index contributed by atoms with van der Waals surface area (Å²) in [5.74, 6) is 2.79. The van der Waals surface area contributed by atoms with Gasteiger partial charge in [-0.25, -0.2) is 0 Å². The quantitative estimate of drug-likeness (QED) is 0.729. The first kappa shape index (κ1) is 16.0. The molecule has 5 aliphatic rings. The number of hydrogen-bond donors (Lipinski definition) is 0. The van der Waals surface area contributed by atoms with Gasteiger partial charge in [-0.3, -0.25) is 19.6 Å². The molecule has 0 spiro atoms. The Kier molecular flexibility index (Phi) is 4.16. The van der Waals surface area contributed by atoms with Crippen LogP contribution in [-0.2, 0) is 0 Å². The predicted octanol–water partition coefficient (Wildman–Crippen LogP) is 2.12. The molecule has 0 N–H and O–H groups in total. The molecule has 0 amide bonds. The Labute approximate surface area is 148 Å². The summed E-state index contributed by atoms with van der Waals surface area (Å²) in [6.45, 7) is 10.2. The van der Waals surface area contributed by atoms with E-state index >= 15 is 0 Å². The lowest BCUT2D eigenvalue weighted by Crippen LogP contribution is -2.72. The minimum atomic E-state index is 0.843. The maximum Gasteiger partial charge on any atom is 0.0512 e. The summed E-state index contributed by atoms with van der Waals surface area (Å²) < 4.78 is 0. The van der Waals surface area contributed by atoms with Crippen LogP contribution >= 0.6 is 0 Å². The molecule has 136 valence electrons. The van der Waals surface area contributed by atoms with E-state index in [-0.39, 0.29) is 0 Å². The van der Waals surface area contributed by atoms with Gasteiger partial charge in [0.05, 0.1) is 13.3 Å². The van der Waals surface area contributed by atoms with E-state index in [1.807, 2.05) is 0 Å². The van der Waals surface area contributed by atoms with Crippen molar-refractivity contribution in [3.05, 3.63) is 0 Å². The third-order valence-corrected chi connectivity index (χ3v) is 8.13. The molecule has 4 nitrogen and oxygen atoms in total. The van der Waals surface area contributed by atoms with Crippen LogP contribution in [0.25, 0.3) is 0 Å². The van der Waals surface area contributed by atoms with E-state index < -0.39 is 0 Å². The van der Waals surface area contributed by atoms with E-state index in [1.54, 1.807) is 0 Å². The molecule has 8 atom stereocenters. The molecule has 0 aromatic rings. The summed E-state index contributed by atoms with van der Waals surface area (Å²) in [6.07, 6.45) is 8.85. The van der Waals surface area contributed by atoms with Crippen LogP contribution in [0.1, 0.15) is 45.4 Å². The van der Waals surface area contributed by atoms with Gasteiger partial charge in [0, 0.05) is 43.7 Å². The fraction of sp³-hybridized carbons (Fsp3) is 1.00. The lowest BCUT2D eigenvalue weighted by atomic mass is 9.68. The van der Waals surface area contributed by atoms with Gasteiger partial charge in [0.1, 0.15) is 0 Å². The highest BCUT2D eigenvalue weighted by atomic mass is 15.4. The van der Waals surface area contributed by atoms with E-state index in [9.17, 15) is 0 Å². The van der Waals surface area contributed by atoms with Crippen LogP contribution in [0.3, 0.4) is 0 Å². The maximum absolute atomic E-state index is 2.92. The van der Waals surface area contributed by atoms with Crippen molar-refractivity contribution in [1.29, 1.82) is 0 Å². The molecule has 0 aromatic heterocycles. The minimum absolute atomic E-state index is 0.843. The summed E-state index contributed by atoms with van der Waals surface area (Å²) >= 11 is 0. The first-order valence-electron chi connectivity index (χ1n) is 10.6. The zero-order chi connectivity index (χ0) is 16.3. The monoisotopic (exact) mass is 332 g/mol. The van der Waals surface area contributed by atoms with Gasteiger partial charge >= 0.3 is 0 Å². The Morgan fingerprint density at radius 1 is 0.792 bits per heavy atom. The largest absolute Gasteiger partial charge is 0.293 e.